The first-order chi connectivity index (χ1) is 10.0. The molecule has 0 unspecified atom stereocenters. The second-order valence-electron chi connectivity index (χ2n) is 5.42. The number of hydrogen-bond donors (Lipinski definition) is 1. The minimum Gasteiger partial charge on any atom is -0.210 e. The van der Waals surface area contributed by atoms with Gasteiger partial charge >= 0.3 is 0 Å². The van der Waals surface area contributed by atoms with Crippen LogP contribution in [0.2, 0.25) is 0 Å². The van der Waals surface area contributed by atoms with Crippen LogP contribution in [0.4, 0.5) is 4.39 Å². The highest BCUT2D eigenvalue weighted by atomic mass is 32.2. The largest absolute Gasteiger partial charge is 0.240 e. The Morgan fingerprint density at radius 1 is 1.00 bits per heavy atom. The summed E-state index contributed by atoms with van der Waals surface area (Å²) >= 11 is 0. The van der Waals surface area contributed by atoms with Gasteiger partial charge in [0, 0.05) is 12.0 Å². The van der Waals surface area contributed by atoms with Crippen LogP contribution in [0.25, 0.3) is 0 Å². The molecule has 2 aromatic carbocycles. The molecule has 1 fully saturated rings. The molecule has 1 saturated carbocycles. The van der Waals surface area contributed by atoms with Crippen molar-refractivity contribution in [2.75, 3.05) is 6.54 Å². The Morgan fingerprint density at radius 3 is 2.19 bits per heavy atom. The molecular formula is C16H16FNO2S. The first kappa shape index (κ1) is 14.2. The molecule has 1 N–H and O–H groups in total. The monoisotopic (exact) mass is 305 g/mol. The van der Waals surface area contributed by atoms with Gasteiger partial charge in [-0.3, -0.25) is 0 Å². The van der Waals surface area contributed by atoms with Crippen LogP contribution in [0.15, 0.2) is 59.5 Å². The van der Waals surface area contributed by atoms with Crippen molar-refractivity contribution in [1.82, 2.24) is 4.72 Å². The predicted molar refractivity (Wildman–Crippen MR) is 78.9 cm³/mol. The fourth-order valence-corrected chi connectivity index (χ4v) is 3.57. The number of nitrogens with one attached hydrogen (secondary N) is 1. The van der Waals surface area contributed by atoms with Gasteiger partial charge in [-0.1, -0.05) is 30.3 Å². The molecular weight excluding hydrogens is 289 g/mol. The fourth-order valence-electron chi connectivity index (χ4n) is 2.44. The van der Waals surface area contributed by atoms with Crippen LogP contribution in [-0.4, -0.2) is 15.0 Å². The molecule has 0 saturated heterocycles. The van der Waals surface area contributed by atoms with Gasteiger partial charge in [-0.25, -0.2) is 17.5 Å². The quantitative estimate of drug-likeness (QED) is 0.923. The summed E-state index contributed by atoms with van der Waals surface area (Å²) in [4.78, 5) is 0.0905. The first-order valence-corrected chi connectivity index (χ1v) is 8.31. The average molecular weight is 305 g/mol. The minimum atomic E-state index is -3.59. The minimum absolute atomic E-state index is 0.0889. The molecule has 0 amide bonds. The van der Waals surface area contributed by atoms with Gasteiger partial charge in [-0.15, -0.1) is 0 Å². The number of benzene rings is 2. The standard InChI is InChI=1S/C16H16FNO2S/c17-14-6-8-15(9-7-14)21(19,20)18-12-16(10-11-16)13-4-2-1-3-5-13/h1-9,18H,10-12H2. The Labute approximate surface area is 123 Å². The zero-order valence-corrected chi connectivity index (χ0v) is 12.2. The van der Waals surface area contributed by atoms with Crippen molar-refractivity contribution in [2.24, 2.45) is 0 Å². The summed E-state index contributed by atoms with van der Waals surface area (Å²) < 4.78 is 39.9. The van der Waals surface area contributed by atoms with Crippen molar-refractivity contribution in [3.63, 3.8) is 0 Å². The van der Waals surface area contributed by atoms with E-state index in [4.69, 9.17) is 0 Å². The smallest absolute Gasteiger partial charge is 0.210 e. The number of rotatable bonds is 5. The van der Waals surface area contributed by atoms with Crippen LogP contribution in [0.1, 0.15) is 18.4 Å². The lowest BCUT2D eigenvalue weighted by Gasteiger charge is -2.16. The van der Waals surface area contributed by atoms with E-state index in [9.17, 15) is 12.8 Å². The van der Waals surface area contributed by atoms with Crippen LogP contribution in [-0.2, 0) is 15.4 Å². The van der Waals surface area contributed by atoms with E-state index in [0.29, 0.717) is 6.54 Å². The molecule has 1 aliphatic carbocycles. The van der Waals surface area contributed by atoms with E-state index in [-0.39, 0.29) is 10.3 Å². The van der Waals surface area contributed by atoms with Crippen LogP contribution < -0.4 is 4.72 Å². The Bertz CT molecular complexity index is 723. The highest BCUT2D eigenvalue weighted by Crippen LogP contribution is 2.47. The summed E-state index contributed by atoms with van der Waals surface area (Å²) in [5.74, 6) is -0.447. The summed E-state index contributed by atoms with van der Waals surface area (Å²) in [5, 5.41) is 0. The van der Waals surface area contributed by atoms with Crippen molar-refractivity contribution in [3.05, 3.63) is 66.0 Å². The lowest BCUT2D eigenvalue weighted by atomic mass is 9.96. The highest BCUT2D eigenvalue weighted by Gasteiger charge is 2.44. The summed E-state index contributed by atoms with van der Waals surface area (Å²) in [6.07, 6.45) is 1.95. The molecule has 0 bridgehead atoms. The van der Waals surface area contributed by atoms with E-state index in [1.54, 1.807) is 0 Å². The third kappa shape index (κ3) is 2.99. The molecule has 5 heteroatoms. The lowest BCUT2D eigenvalue weighted by molar-refractivity contribution is 0.566. The van der Waals surface area contributed by atoms with E-state index in [2.05, 4.69) is 4.72 Å². The van der Waals surface area contributed by atoms with Gasteiger partial charge in [-0.2, -0.15) is 0 Å². The number of halogens is 1. The second kappa shape index (κ2) is 5.24. The lowest BCUT2D eigenvalue weighted by Crippen LogP contribution is -2.32. The van der Waals surface area contributed by atoms with E-state index in [1.165, 1.54) is 12.1 Å². The van der Waals surface area contributed by atoms with Crippen LogP contribution in [0.5, 0.6) is 0 Å². The molecule has 0 aliphatic heterocycles. The van der Waals surface area contributed by atoms with Crippen molar-refractivity contribution < 1.29 is 12.8 Å². The fraction of sp³-hybridized carbons (Fsp3) is 0.250. The Hall–Kier alpha value is -1.72. The molecule has 0 atom stereocenters. The SMILES string of the molecule is O=S(=O)(NCC1(c2ccccc2)CC1)c1ccc(F)cc1. The van der Waals surface area contributed by atoms with E-state index in [1.807, 2.05) is 30.3 Å². The third-order valence-corrected chi connectivity index (χ3v) is 5.38. The maximum absolute atomic E-state index is 12.9. The average Bonchev–Trinajstić information content (AvgIpc) is 3.28. The van der Waals surface area contributed by atoms with Gasteiger partial charge in [0.1, 0.15) is 5.82 Å². The molecule has 3 nitrogen and oxygen atoms in total. The highest BCUT2D eigenvalue weighted by molar-refractivity contribution is 7.89. The molecule has 0 spiro atoms. The molecule has 21 heavy (non-hydrogen) atoms. The molecule has 0 radical (unpaired) electrons. The van der Waals surface area contributed by atoms with Gasteiger partial charge < -0.3 is 0 Å². The topological polar surface area (TPSA) is 46.2 Å². The van der Waals surface area contributed by atoms with Gasteiger partial charge in [0.2, 0.25) is 10.0 Å². The Morgan fingerprint density at radius 2 is 1.62 bits per heavy atom. The zero-order valence-electron chi connectivity index (χ0n) is 11.4. The predicted octanol–water partition coefficient (Wildman–Crippen LogP) is 2.84. The van der Waals surface area contributed by atoms with E-state index < -0.39 is 15.8 Å². The molecule has 0 aromatic heterocycles. The molecule has 110 valence electrons. The summed E-state index contributed by atoms with van der Waals surface area (Å²) in [6, 6.07) is 14.8. The van der Waals surface area contributed by atoms with Gasteiger partial charge in [0.05, 0.1) is 4.90 Å². The summed E-state index contributed by atoms with van der Waals surface area (Å²) in [7, 11) is -3.59. The van der Waals surface area contributed by atoms with E-state index >= 15 is 0 Å². The first-order valence-electron chi connectivity index (χ1n) is 6.83. The van der Waals surface area contributed by atoms with Crippen LogP contribution >= 0.6 is 0 Å². The van der Waals surface area contributed by atoms with Gasteiger partial charge in [-0.05, 0) is 42.7 Å². The van der Waals surface area contributed by atoms with Crippen molar-refractivity contribution in [2.45, 2.75) is 23.2 Å². The summed E-state index contributed by atoms with van der Waals surface area (Å²) in [5.41, 5.74) is 1.07. The van der Waals surface area contributed by atoms with Crippen LogP contribution in [0.3, 0.4) is 0 Å². The normalized spacial score (nSPS) is 16.6. The molecule has 3 rings (SSSR count). The Balaban J connectivity index is 1.74. The zero-order chi connectivity index (χ0) is 14.9. The number of sulfonamides is 1. The van der Waals surface area contributed by atoms with Gasteiger partial charge in [0.15, 0.2) is 0 Å². The van der Waals surface area contributed by atoms with Crippen molar-refractivity contribution >= 4 is 10.0 Å². The number of hydrogen-bond acceptors (Lipinski definition) is 2. The van der Waals surface area contributed by atoms with Crippen LogP contribution in [0, 0.1) is 5.82 Å². The maximum Gasteiger partial charge on any atom is 0.240 e. The molecule has 0 heterocycles. The van der Waals surface area contributed by atoms with Gasteiger partial charge in [0.25, 0.3) is 0 Å². The third-order valence-electron chi connectivity index (χ3n) is 3.96. The maximum atomic E-state index is 12.9. The molecule has 2 aromatic rings. The molecule has 1 aliphatic rings. The van der Waals surface area contributed by atoms with E-state index in [0.717, 1.165) is 30.5 Å². The van der Waals surface area contributed by atoms with Crippen molar-refractivity contribution in [3.8, 4) is 0 Å². The second-order valence-corrected chi connectivity index (χ2v) is 7.19. The summed E-state index contributed by atoms with van der Waals surface area (Å²) in [6.45, 7) is 0.372. The Kier molecular flexibility index (Phi) is 3.55. The van der Waals surface area contributed by atoms with Crippen molar-refractivity contribution in [1.29, 1.82) is 0 Å².